The smallest absolute Gasteiger partial charge is 0.237 e. The van der Waals surface area contributed by atoms with Crippen LogP contribution in [0.3, 0.4) is 0 Å². The molecular formula is C8H10N2O3S. The maximum Gasteiger partial charge on any atom is 0.237 e. The third-order valence-corrected chi connectivity index (χ3v) is 3.24. The van der Waals surface area contributed by atoms with Crippen molar-refractivity contribution in [1.29, 1.82) is 5.26 Å². The Morgan fingerprint density at radius 3 is 2.79 bits per heavy atom. The van der Waals surface area contributed by atoms with E-state index in [9.17, 15) is 13.2 Å². The zero-order chi connectivity index (χ0) is 10.8. The molecule has 6 heteroatoms. The van der Waals surface area contributed by atoms with E-state index in [4.69, 9.17) is 5.26 Å². The van der Waals surface area contributed by atoms with Crippen molar-refractivity contribution in [3.63, 3.8) is 0 Å². The fourth-order valence-corrected chi connectivity index (χ4v) is 2.27. The molecule has 0 saturated heterocycles. The van der Waals surface area contributed by atoms with Gasteiger partial charge in [0.25, 0.3) is 0 Å². The molecule has 0 fully saturated rings. The summed E-state index contributed by atoms with van der Waals surface area (Å²) < 4.78 is 21.9. The van der Waals surface area contributed by atoms with Crippen LogP contribution in [0.15, 0.2) is 11.5 Å². The predicted octanol–water partition coefficient (Wildman–Crippen LogP) is -0.427. The van der Waals surface area contributed by atoms with Gasteiger partial charge >= 0.3 is 0 Å². The van der Waals surface area contributed by atoms with Gasteiger partial charge in [-0.1, -0.05) is 0 Å². The molecule has 2 unspecified atom stereocenters. The van der Waals surface area contributed by atoms with E-state index in [1.807, 2.05) is 0 Å². The maximum absolute atomic E-state index is 11.2. The minimum absolute atomic E-state index is 0.114. The largest absolute Gasteiger partial charge is 0.348 e. The second-order valence-corrected chi connectivity index (χ2v) is 5.06. The van der Waals surface area contributed by atoms with Crippen molar-refractivity contribution in [2.45, 2.75) is 13.0 Å². The van der Waals surface area contributed by atoms with E-state index in [2.05, 4.69) is 5.32 Å². The van der Waals surface area contributed by atoms with Gasteiger partial charge in [-0.05, 0) is 13.0 Å². The first-order valence-corrected chi connectivity index (χ1v) is 5.77. The van der Waals surface area contributed by atoms with Crippen molar-refractivity contribution in [3.05, 3.63) is 11.5 Å². The first-order chi connectivity index (χ1) is 6.44. The fourth-order valence-electron chi connectivity index (χ4n) is 1.03. The summed E-state index contributed by atoms with van der Waals surface area (Å²) >= 11 is 0. The number of nitrogens with one attached hydrogen (secondary N) is 1. The van der Waals surface area contributed by atoms with E-state index in [0.29, 0.717) is 0 Å². The molecule has 1 rings (SSSR count). The molecule has 1 N–H and O–H groups in total. The van der Waals surface area contributed by atoms with Crippen molar-refractivity contribution < 1.29 is 13.2 Å². The molecule has 0 radical (unpaired) electrons. The van der Waals surface area contributed by atoms with Crippen LogP contribution in [0.1, 0.15) is 6.92 Å². The van der Waals surface area contributed by atoms with Crippen molar-refractivity contribution in [2.75, 3.05) is 5.75 Å². The molecule has 2 atom stereocenters. The third kappa shape index (κ3) is 2.57. The Morgan fingerprint density at radius 1 is 1.71 bits per heavy atom. The van der Waals surface area contributed by atoms with E-state index < -0.39 is 27.7 Å². The molecular weight excluding hydrogens is 204 g/mol. The number of carbonyl (C=O) groups excluding carboxylic acids is 1. The number of nitriles is 1. The summed E-state index contributed by atoms with van der Waals surface area (Å²) in [5.41, 5.74) is 0. The molecule has 0 bridgehead atoms. The highest BCUT2D eigenvalue weighted by atomic mass is 32.2. The van der Waals surface area contributed by atoms with Crippen LogP contribution in [0.5, 0.6) is 0 Å². The number of amides is 1. The van der Waals surface area contributed by atoms with Crippen LogP contribution in [0, 0.1) is 17.2 Å². The lowest BCUT2D eigenvalue weighted by Gasteiger charge is -2.10. The molecule has 0 spiro atoms. The van der Waals surface area contributed by atoms with E-state index in [0.717, 1.165) is 5.41 Å². The van der Waals surface area contributed by atoms with E-state index in [1.54, 1.807) is 6.07 Å². The van der Waals surface area contributed by atoms with Crippen LogP contribution in [-0.2, 0) is 14.6 Å². The van der Waals surface area contributed by atoms with Crippen molar-refractivity contribution in [3.8, 4) is 6.07 Å². The lowest BCUT2D eigenvalue weighted by atomic mass is 10.2. The van der Waals surface area contributed by atoms with Gasteiger partial charge in [0, 0.05) is 5.41 Å². The first-order valence-electron chi connectivity index (χ1n) is 4.05. The maximum atomic E-state index is 11.2. The molecule has 1 aliphatic heterocycles. The summed E-state index contributed by atoms with van der Waals surface area (Å²) in [6.07, 6.45) is 1.41. The zero-order valence-corrected chi connectivity index (χ0v) is 8.41. The molecule has 1 aliphatic rings. The molecule has 1 amide bonds. The normalized spacial score (nSPS) is 25.3. The molecule has 1 heterocycles. The number of sulfone groups is 1. The zero-order valence-electron chi connectivity index (χ0n) is 7.60. The van der Waals surface area contributed by atoms with Crippen LogP contribution in [0.2, 0.25) is 0 Å². The quantitative estimate of drug-likeness (QED) is 0.675. The Hall–Kier alpha value is -1.35. The summed E-state index contributed by atoms with van der Waals surface area (Å²) in [4.78, 5) is 11.2. The standard InChI is InChI=1S/C8H10N2O3S/c1-6(4-9)8(11)10-7-2-3-14(12,13)5-7/h2-3,6-7H,5H2,1H3,(H,10,11). The van der Waals surface area contributed by atoms with Gasteiger partial charge in [-0.15, -0.1) is 0 Å². The Bertz CT molecular complexity index is 405. The summed E-state index contributed by atoms with van der Waals surface area (Å²) in [6.45, 7) is 1.46. The van der Waals surface area contributed by atoms with Gasteiger partial charge in [0.05, 0.1) is 17.9 Å². The molecule has 0 saturated carbocycles. The molecule has 0 aromatic carbocycles. The van der Waals surface area contributed by atoms with Gasteiger partial charge in [0.15, 0.2) is 9.84 Å². The Morgan fingerprint density at radius 2 is 2.36 bits per heavy atom. The molecule has 0 aliphatic carbocycles. The van der Waals surface area contributed by atoms with Crippen LogP contribution >= 0.6 is 0 Å². The lowest BCUT2D eigenvalue weighted by molar-refractivity contribution is -0.123. The molecule has 0 aromatic heterocycles. The number of hydrogen-bond acceptors (Lipinski definition) is 4. The molecule has 76 valence electrons. The Labute approximate surface area is 82.3 Å². The second kappa shape index (κ2) is 3.80. The van der Waals surface area contributed by atoms with Gasteiger partial charge < -0.3 is 5.32 Å². The Balaban J connectivity index is 2.54. The summed E-state index contributed by atoms with van der Waals surface area (Å²) in [5, 5.41) is 12.0. The van der Waals surface area contributed by atoms with Gasteiger partial charge in [-0.2, -0.15) is 5.26 Å². The van der Waals surface area contributed by atoms with E-state index in [-0.39, 0.29) is 5.75 Å². The number of carbonyl (C=O) groups is 1. The first kappa shape index (κ1) is 10.7. The highest BCUT2D eigenvalue weighted by molar-refractivity contribution is 7.94. The minimum atomic E-state index is -3.15. The van der Waals surface area contributed by atoms with E-state index >= 15 is 0 Å². The lowest BCUT2D eigenvalue weighted by Crippen LogP contribution is -2.38. The van der Waals surface area contributed by atoms with Crippen LogP contribution in [-0.4, -0.2) is 26.1 Å². The van der Waals surface area contributed by atoms with Crippen LogP contribution in [0.4, 0.5) is 0 Å². The van der Waals surface area contributed by atoms with Gasteiger partial charge in [0.2, 0.25) is 5.91 Å². The SMILES string of the molecule is CC(C#N)C(=O)NC1C=CS(=O)(=O)C1. The highest BCUT2D eigenvalue weighted by Crippen LogP contribution is 2.08. The summed E-state index contributed by atoms with van der Waals surface area (Å²) in [5.74, 6) is -1.32. The minimum Gasteiger partial charge on any atom is -0.348 e. The van der Waals surface area contributed by atoms with Crippen molar-refractivity contribution >= 4 is 15.7 Å². The predicted molar refractivity (Wildman–Crippen MR) is 49.6 cm³/mol. The van der Waals surface area contributed by atoms with Crippen LogP contribution in [0.25, 0.3) is 0 Å². The topological polar surface area (TPSA) is 87.0 Å². The average Bonchev–Trinajstić information content (AvgIpc) is 2.44. The average molecular weight is 214 g/mol. The monoisotopic (exact) mass is 214 g/mol. The van der Waals surface area contributed by atoms with Gasteiger partial charge in [-0.3, -0.25) is 4.79 Å². The van der Waals surface area contributed by atoms with Crippen molar-refractivity contribution in [2.24, 2.45) is 5.92 Å². The van der Waals surface area contributed by atoms with Crippen LogP contribution < -0.4 is 5.32 Å². The number of hydrogen-bond donors (Lipinski definition) is 1. The summed E-state index contributed by atoms with van der Waals surface area (Å²) in [6, 6.07) is 1.28. The van der Waals surface area contributed by atoms with Gasteiger partial charge in [-0.25, -0.2) is 8.42 Å². The number of nitrogens with zero attached hydrogens (tertiary/aromatic N) is 1. The van der Waals surface area contributed by atoms with Gasteiger partial charge in [0.1, 0.15) is 5.92 Å². The molecule has 0 aromatic rings. The second-order valence-electron chi connectivity index (χ2n) is 3.12. The highest BCUT2D eigenvalue weighted by Gasteiger charge is 2.24. The Kier molecular flexibility index (Phi) is 2.91. The summed E-state index contributed by atoms with van der Waals surface area (Å²) in [7, 11) is -3.15. The molecule has 5 nitrogen and oxygen atoms in total. The molecule has 14 heavy (non-hydrogen) atoms. The van der Waals surface area contributed by atoms with E-state index in [1.165, 1.54) is 13.0 Å². The third-order valence-electron chi connectivity index (χ3n) is 1.84. The number of rotatable bonds is 2. The van der Waals surface area contributed by atoms with Crippen molar-refractivity contribution in [1.82, 2.24) is 5.32 Å². The fraction of sp³-hybridized carbons (Fsp3) is 0.500.